The van der Waals surface area contributed by atoms with Gasteiger partial charge in [-0.05, 0) is 32.2 Å². The Morgan fingerprint density at radius 1 is 1.15 bits per heavy atom. The number of nitrogens with zero attached hydrogens (tertiary/aromatic N) is 3. The summed E-state index contributed by atoms with van der Waals surface area (Å²) in [6, 6.07) is 9.50. The zero-order valence-corrected chi connectivity index (χ0v) is 17.5. The molecule has 0 radical (unpaired) electrons. The fourth-order valence-corrected chi connectivity index (χ4v) is 5.14. The Bertz CT molecular complexity index is 878. The summed E-state index contributed by atoms with van der Waals surface area (Å²) in [6.45, 7) is 4.58. The van der Waals surface area contributed by atoms with Gasteiger partial charge in [-0.2, -0.15) is 4.31 Å². The monoisotopic (exact) mass is 407 g/mol. The van der Waals surface area contributed by atoms with Gasteiger partial charge in [-0.1, -0.05) is 17.7 Å². The van der Waals surface area contributed by atoms with Crippen molar-refractivity contribution in [2.45, 2.75) is 22.6 Å². The third kappa shape index (κ3) is 4.82. The molecular weight excluding hydrogens is 382 g/mol. The number of hydrogen-bond acceptors (Lipinski definition) is 6. The van der Waals surface area contributed by atoms with Gasteiger partial charge in [-0.25, -0.2) is 13.4 Å². The largest absolute Gasteiger partial charge is 0.496 e. The summed E-state index contributed by atoms with van der Waals surface area (Å²) in [5.74, 6) is 1.56. The minimum atomic E-state index is -3.47. The molecule has 0 spiro atoms. The molecule has 1 fully saturated rings. The summed E-state index contributed by atoms with van der Waals surface area (Å²) in [4.78, 5) is 6.74. The van der Waals surface area contributed by atoms with Crippen molar-refractivity contribution in [2.24, 2.45) is 0 Å². The first-order valence-electron chi connectivity index (χ1n) is 8.81. The van der Waals surface area contributed by atoms with Crippen LogP contribution in [0.2, 0.25) is 0 Å². The molecule has 146 valence electrons. The normalized spacial score (nSPS) is 16.4. The van der Waals surface area contributed by atoms with E-state index in [0.29, 0.717) is 18.8 Å². The summed E-state index contributed by atoms with van der Waals surface area (Å²) < 4.78 is 32.4. The highest BCUT2D eigenvalue weighted by Gasteiger charge is 2.27. The molecular formula is C19H25N3O3S2. The number of likely N-dealkylation sites (N-methyl/N-ethyl adjacent to an activating group) is 1. The van der Waals surface area contributed by atoms with Crippen LogP contribution in [-0.4, -0.2) is 62.9 Å². The zero-order chi connectivity index (χ0) is 19.4. The molecule has 6 nitrogen and oxygen atoms in total. The van der Waals surface area contributed by atoms with E-state index >= 15 is 0 Å². The Balaban J connectivity index is 1.68. The SMILES string of the molecule is COc1ccc(C)cc1CSc1ccc(S(=O)(=O)N2CCN(C)CC2)cn1. The summed E-state index contributed by atoms with van der Waals surface area (Å²) in [5, 5.41) is 0.788. The lowest BCUT2D eigenvalue weighted by Crippen LogP contribution is -2.47. The minimum Gasteiger partial charge on any atom is -0.496 e. The second-order valence-corrected chi connectivity index (χ2v) is 9.58. The predicted molar refractivity (Wildman–Crippen MR) is 108 cm³/mol. The molecule has 1 saturated heterocycles. The van der Waals surface area contributed by atoms with E-state index in [1.165, 1.54) is 16.1 Å². The van der Waals surface area contributed by atoms with Gasteiger partial charge in [0, 0.05) is 43.7 Å². The number of aryl methyl sites for hydroxylation is 1. The van der Waals surface area contributed by atoms with E-state index in [1.54, 1.807) is 31.0 Å². The lowest BCUT2D eigenvalue weighted by molar-refractivity contribution is 0.222. The quantitative estimate of drug-likeness (QED) is 0.686. The zero-order valence-electron chi connectivity index (χ0n) is 15.9. The maximum absolute atomic E-state index is 12.7. The fourth-order valence-electron chi connectivity index (χ4n) is 2.95. The van der Waals surface area contributed by atoms with Crippen molar-refractivity contribution >= 4 is 21.8 Å². The van der Waals surface area contributed by atoms with E-state index in [1.807, 2.05) is 26.1 Å². The van der Waals surface area contributed by atoms with E-state index in [-0.39, 0.29) is 4.90 Å². The maximum Gasteiger partial charge on any atom is 0.244 e. The average molecular weight is 408 g/mol. The summed E-state index contributed by atoms with van der Waals surface area (Å²) in [5.41, 5.74) is 2.27. The van der Waals surface area contributed by atoms with Crippen molar-refractivity contribution in [1.29, 1.82) is 0 Å². The molecule has 2 heterocycles. The molecule has 27 heavy (non-hydrogen) atoms. The maximum atomic E-state index is 12.7. The van der Waals surface area contributed by atoms with Gasteiger partial charge in [0.25, 0.3) is 0 Å². The summed E-state index contributed by atoms with van der Waals surface area (Å²) in [7, 11) is 0.192. The smallest absolute Gasteiger partial charge is 0.244 e. The number of ether oxygens (including phenoxy) is 1. The number of benzene rings is 1. The third-order valence-corrected chi connectivity index (χ3v) is 7.50. The first-order chi connectivity index (χ1) is 12.9. The molecule has 0 amide bonds. The van der Waals surface area contributed by atoms with Gasteiger partial charge < -0.3 is 9.64 Å². The first-order valence-corrected chi connectivity index (χ1v) is 11.2. The highest BCUT2D eigenvalue weighted by molar-refractivity contribution is 7.98. The van der Waals surface area contributed by atoms with Gasteiger partial charge in [0.05, 0.1) is 12.1 Å². The molecule has 1 aliphatic heterocycles. The summed E-state index contributed by atoms with van der Waals surface area (Å²) in [6.07, 6.45) is 1.46. The van der Waals surface area contributed by atoms with Gasteiger partial charge in [0.1, 0.15) is 10.6 Å². The van der Waals surface area contributed by atoms with Gasteiger partial charge >= 0.3 is 0 Å². The van der Waals surface area contributed by atoms with Crippen LogP contribution in [0.1, 0.15) is 11.1 Å². The number of pyridine rings is 1. The first kappa shape index (κ1) is 20.1. The molecule has 0 aliphatic carbocycles. The summed E-state index contributed by atoms with van der Waals surface area (Å²) >= 11 is 1.56. The number of aromatic nitrogens is 1. The van der Waals surface area contributed by atoms with Crippen LogP contribution in [-0.2, 0) is 15.8 Å². The Morgan fingerprint density at radius 3 is 2.52 bits per heavy atom. The fraction of sp³-hybridized carbons (Fsp3) is 0.421. The Kier molecular flexibility index (Phi) is 6.41. The highest BCUT2D eigenvalue weighted by Crippen LogP contribution is 2.28. The topological polar surface area (TPSA) is 62.7 Å². The standard InChI is InChI=1S/C19H25N3O3S2/c1-15-4-6-18(25-3)16(12-15)14-26-19-7-5-17(13-20-19)27(23,24)22-10-8-21(2)9-11-22/h4-7,12-13H,8-11,14H2,1-3H3. The van der Waals surface area contributed by atoms with Crippen LogP contribution in [0, 0.1) is 6.92 Å². The van der Waals surface area contributed by atoms with E-state index in [9.17, 15) is 8.42 Å². The van der Waals surface area contributed by atoms with Crippen LogP contribution < -0.4 is 4.74 Å². The molecule has 0 bridgehead atoms. The molecule has 0 unspecified atom stereocenters. The van der Waals surface area contributed by atoms with Gasteiger partial charge in [0.2, 0.25) is 10.0 Å². The van der Waals surface area contributed by atoms with Crippen LogP contribution >= 0.6 is 11.8 Å². The Morgan fingerprint density at radius 2 is 1.89 bits per heavy atom. The number of sulfonamides is 1. The van der Waals surface area contributed by atoms with Gasteiger partial charge in [-0.15, -0.1) is 11.8 Å². The van der Waals surface area contributed by atoms with Crippen molar-refractivity contribution in [2.75, 3.05) is 40.3 Å². The van der Waals surface area contributed by atoms with Gasteiger partial charge in [0.15, 0.2) is 0 Å². The van der Waals surface area contributed by atoms with E-state index in [0.717, 1.165) is 29.4 Å². The average Bonchev–Trinajstić information content (AvgIpc) is 2.67. The highest BCUT2D eigenvalue weighted by atomic mass is 32.2. The van der Waals surface area contributed by atoms with Crippen molar-refractivity contribution in [3.8, 4) is 5.75 Å². The lowest BCUT2D eigenvalue weighted by Gasteiger charge is -2.31. The Hall–Kier alpha value is -1.61. The molecule has 0 atom stereocenters. The number of thioether (sulfide) groups is 1. The van der Waals surface area contributed by atoms with Crippen molar-refractivity contribution in [3.63, 3.8) is 0 Å². The molecule has 1 aliphatic rings. The van der Waals surface area contributed by atoms with E-state index < -0.39 is 10.0 Å². The van der Waals surface area contributed by atoms with Crippen LogP contribution in [0.15, 0.2) is 46.5 Å². The molecule has 8 heteroatoms. The minimum absolute atomic E-state index is 0.254. The van der Waals surface area contributed by atoms with Crippen LogP contribution in [0.5, 0.6) is 5.75 Å². The number of rotatable bonds is 6. The third-order valence-electron chi connectivity index (χ3n) is 4.62. The molecule has 0 saturated carbocycles. The number of hydrogen-bond donors (Lipinski definition) is 0. The Labute approximate surface area is 165 Å². The molecule has 3 rings (SSSR count). The second kappa shape index (κ2) is 8.60. The van der Waals surface area contributed by atoms with Crippen LogP contribution in [0.3, 0.4) is 0 Å². The number of piperazine rings is 1. The van der Waals surface area contributed by atoms with Crippen LogP contribution in [0.4, 0.5) is 0 Å². The number of methoxy groups -OCH3 is 1. The van der Waals surface area contributed by atoms with Crippen molar-refractivity contribution in [1.82, 2.24) is 14.2 Å². The van der Waals surface area contributed by atoms with Crippen molar-refractivity contribution < 1.29 is 13.2 Å². The molecule has 0 N–H and O–H groups in total. The van der Waals surface area contributed by atoms with Crippen LogP contribution in [0.25, 0.3) is 0 Å². The van der Waals surface area contributed by atoms with Gasteiger partial charge in [-0.3, -0.25) is 0 Å². The van der Waals surface area contributed by atoms with Crippen molar-refractivity contribution in [3.05, 3.63) is 47.7 Å². The van der Waals surface area contributed by atoms with E-state index in [2.05, 4.69) is 16.0 Å². The molecule has 2 aromatic rings. The predicted octanol–water partition coefficient (Wildman–Crippen LogP) is 2.63. The molecule has 1 aromatic heterocycles. The van der Waals surface area contributed by atoms with E-state index in [4.69, 9.17) is 4.74 Å². The second-order valence-electron chi connectivity index (χ2n) is 6.64. The lowest BCUT2D eigenvalue weighted by atomic mass is 10.1. The molecule has 1 aromatic carbocycles.